The van der Waals surface area contributed by atoms with E-state index in [-0.39, 0.29) is 12.2 Å². The van der Waals surface area contributed by atoms with Crippen molar-refractivity contribution in [1.29, 1.82) is 0 Å². The Labute approximate surface area is 206 Å². The molecule has 1 aliphatic carbocycles. The van der Waals surface area contributed by atoms with Gasteiger partial charge in [-0.2, -0.15) is 4.98 Å². The summed E-state index contributed by atoms with van der Waals surface area (Å²) >= 11 is 6.28. The molecule has 5 rings (SSSR count). The van der Waals surface area contributed by atoms with Crippen LogP contribution in [0.2, 0.25) is 5.02 Å². The number of allylic oxidation sites excluding steroid dienone is 1. The van der Waals surface area contributed by atoms with Crippen molar-refractivity contribution in [3.63, 3.8) is 0 Å². The third kappa shape index (κ3) is 4.14. The van der Waals surface area contributed by atoms with E-state index in [1.807, 2.05) is 36.4 Å². The minimum Gasteiger partial charge on any atom is -0.462 e. The number of halogens is 3. The van der Waals surface area contributed by atoms with Gasteiger partial charge in [-0.3, -0.25) is 9.78 Å². The first-order valence-corrected chi connectivity index (χ1v) is 11.8. The van der Waals surface area contributed by atoms with Gasteiger partial charge in [0.2, 0.25) is 6.39 Å². The van der Waals surface area contributed by atoms with Gasteiger partial charge >= 0.3 is 5.97 Å². The molecule has 1 saturated heterocycles. The molecule has 1 aliphatic heterocycles. The molecule has 0 N–H and O–H groups in total. The Morgan fingerprint density at radius 2 is 1.97 bits per heavy atom. The topological polar surface area (TPSA) is 78.1 Å². The summed E-state index contributed by atoms with van der Waals surface area (Å²) in [4.78, 5) is 21.5. The average molecular weight is 500 g/mol. The summed E-state index contributed by atoms with van der Waals surface area (Å²) in [6.07, 6.45) is 5.09. The van der Waals surface area contributed by atoms with Crippen LogP contribution < -0.4 is 0 Å². The van der Waals surface area contributed by atoms with Crippen LogP contribution >= 0.6 is 11.6 Å². The van der Waals surface area contributed by atoms with E-state index < -0.39 is 47.6 Å². The molecule has 182 valence electrons. The van der Waals surface area contributed by atoms with Crippen LogP contribution in [-0.4, -0.2) is 33.1 Å². The third-order valence-electron chi connectivity index (χ3n) is 7.39. The summed E-state index contributed by atoms with van der Waals surface area (Å²) in [6.45, 7) is 3.28. The Morgan fingerprint density at radius 3 is 2.66 bits per heavy atom. The number of nitrogens with zero attached hydrogens (tertiary/aromatic N) is 3. The molecule has 5 atom stereocenters. The van der Waals surface area contributed by atoms with E-state index in [9.17, 15) is 4.79 Å². The van der Waals surface area contributed by atoms with Crippen molar-refractivity contribution < 1.29 is 22.8 Å². The number of cyclic esters (lactones) is 1. The first-order valence-electron chi connectivity index (χ1n) is 11.4. The van der Waals surface area contributed by atoms with Crippen molar-refractivity contribution in [3.05, 3.63) is 71.6 Å². The minimum absolute atomic E-state index is 0.0607. The van der Waals surface area contributed by atoms with E-state index in [2.05, 4.69) is 15.1 Å². The predicted molar refractivity (Wildman–Crippen MR) is 125 cm³/mol. The minimum atomic E-state index is -3.08. The zero-order chi connectivity index (χ0) is 24.8. The average Bonchev–Trinajstić information content (AvgIpc) is 3.41. The lowest BCUT2D eigenvalue weighted by Crippen LogP contribution is -2.54. The SMILES string of the molecule is C[C@H]1OC(=O)[C@]2(Cc3ncon3)CC(F)(F)[C@@H](C)[C@H](C=Cc3ccc(-c4ccccc4Cl)cn3)[C@H]12. The lowest BCUT2D eigenvalue weighted by Gasteiger charge is -2.47. The molecule has 0 bridgehead atoms. The van der Waals surface area contributed by atoms with Crippen molar-refractivity contribution in [2.75, 3.05) is 0 Å². The largest absolute Gasteiger partial charge is 0.462 e. The second-order valence-corrected chi connectivity index (χ2v) is 9.84. The van der Waals surface area contributed by atoms with Crippen molar-refractivity contribution >= 4 is 23.6 Å². The number of hydrogen-bond donors (Lipinski definition) is 0. The number of rotatable bonds is 5. The number of carbonyl (C=O) groups excluding carboxylic acids is 1. The summed E-state index contributed by atoms with van der Waals surface area (Å²) in [5, 5.41) is 4.39. The maximum absolute atomic E-state index is 15.3. The molecule has 1 aromatic carbocycles. The molecule has 0 radical (unpaired) electrons. The van der Waals surface area contributed by atoms with Crippen LogP contribution in [0.15, 0.2) is 59.6 Å². The van der Waals surface area contributed by atoms with Crippen LogP contribution in [0.1, 0.15) is 31.8 Å². The van der Waals surface area contributed by atoms with Gasteiger partial charge in [-0.25, -0.2) is 8.78 Å². The van der Waals surface area contributed by atoms with Crippen LogP contribution in [0.4, 0.5) is 8.78 Å². The predicted octanol–water partition coefficient (Wildman–Crippen LogP) is 5.88. The second kappa shape index (κ2) is 8.82. The number of esters is 1. The van der Waals surface area contributed by atoms with Gasteiger partial charge in [-0.1, -0.05) is 54.0 Å². The van der Waals surface area contributed by atoms with Gasteiger partial charge < -0.3 is 9.26 Å². The van der Waals surface area contributed by atoms with Crippen LogP contribution in [-0.2, 0) is 16.0 Å². The number of fused-ring (bicyclic) bond motifs is 1. The smallest absolute Gasteiger partial charge is 0.313 e. The Kier molecular flexibility index (Phi) is 5.95. The van der Waals surface area contributed by atoms with Gasteiger partial charge in [-0.15, -0.1) is 0 Å². The van der Waals surface area contributed by atoms with Crippen molar-refractivity contribution in [3.8, 4) is 11.1 Å². The van der Waals surface area contributed by atoms with E-state index in [1.165, 1.54) is 6.92 Å². The van der Waals surface area contributed by atoms with Gasteiger partial charge in [0, 0.05) is 47.0 Å². The summed E-state index contributed by atoms with van der Waals surface area (Å²) in [5.41, 5.74) is 0.895. The van der Waals surface area contributed by atoms with E-state index >= 15 is 8.78 Å². The molecule has 2 aromatic heterocycles. The Hall–Kier alpha value is -3.13. The molecule has 2 fully saturated rings. The fourth-order valence-electron chi connectivity index (χ4n) is 5.65. The summed E-state index contributed by atoms with van der Waals surface area (Å²) in [6, 6.07) is 11.2. The van der Waals surface area contributed by atoms with E-state index in [0.717, 1.165) is 17.5 Å². The van der Waals surface area contributed by atoms with Crippen LogP contribution in [0.3, 0.4) is 0 Å². The maximum atomic E-state index is 15.3. The lowest BCUT2D eigenvalue weighted by molar-refractivity contribution is -0.171. The summed E-state index contributed by atoms with van der Waals surface area (Å²) < 4.78 is 41.0. The van der Waals surface area contributed by atoms with Gasteiger partial charge in [0.25, 0.3) is 5.92 Å². The Balaban J connectivity index is 1.47. The van der Waals surface area contributed by atoms with Gasteiger partial charge in [-0.05, 0) is 31.1 Å². The van der Waals surface area contributed by atoms with Gasteiger partial charge in [0.1, 0.15) is 6.10 Å². The van der Waals surface area contributed by atoms with E-state index in [1.54, 1.807) is 25.3 Å². The highest BCUT2D eigenvalue weighted by molar-refractivity contribution is 6.33. The highest BCUT2D eigenvalue weighted by Crippen LogP contribution is 2.60. The molecule has 6 nitrogen and oxygen atoms in total. The molecule has 35 heavy (non-hydrogen) atoms. The normalized spacial score (nSPS) is 29.8. The molecule has 2 aliphatic rings. The number of carbonyl (C=O) groups is 1. The van der Waals surface area contributed by atoms with Crippen molar-refractivity contribution in [1.82, 2.24) is 15.1 Å². The maximum Gasteiger partial charge on any atom is 0.313 e. The molecule has 0 amide bonds. The molecule has 3 heterocycles. The highest BCUT2D eigenvalue weighted by atomic mass is 35.5. The number of ether oxygens (including phenoxy) is 1. The highest BCUT2D eigenvalue weighted by Gasteiger charge is 2.68. The first kappa shape index (κ1) is 23.6. The van der Waals surface area contributed by atoms with Crippen molar-refractivity contribution in [2.24, 2.45) is 23.2 Å². The van der Waals surface area contributed by atoms with Gasteiger partial charge in [0.05, 0.1) is 11.1 Å². The van der Waals surface area contributed by atoms with Gasteiger partial charge in [0.15, 0.2) is 5.82 Å². The fraction of sp³-hybridized carbons (Fsp3) is 0.385. The number of benzene rings is 1. The van der Waals surface area contributed by atoms with Crippen LogP contribution in [0, 0.1) is 23.2 Å². The molecular weight excluding hydrogens is 476 g/mol. The van der Waals surface area contributed by atoms with Crippen LogP contribution in [0.5, 0.6) is 0 Å². The first-order chi connectivity index (χ1) is 16.7. The number of alkyl halides is 2. The van der Waals surface area contributed by atoms with Crippen molar-refractivity contribution in [2.45, 2.75) is 38.7 Å². The third-order valence-corrected chi connectivity index (χ3v) is 7.72. The quantitative estimate of drug-likeness (QED) is 0.408. The van der Waals surface area contributed by atoms with E-state index in [4.69, 9.17) is 20.9 Å². The van der Waals surface area contributed by atoms with Crippen LogP contribution in [0.25, 0.3) is 17.2 Å². The molecule has 0 unspecified atom stereocenters. The molecule has 0 spiro atoms. The monoisotopic (exact) mass is 499 g/mol. The molecule has 9 heteroatoms. The molecule has 1 saturated carbocycles. The second-order valence-electron chi connectivity index (χ2n) is 9.43. The number of hydrogen-bond acceptors (Lipinski definition) is 6. The Bertz CT molecular complexity index is 1250. The Morgan fingerprint density at radius 1 is 1.17 bits per heavy atom. The summed E-state index contributed by atoms with van der Waals surface area (Å²) in [5.74, 6) is -5.60. The summed E-state index contributed by atoms with van der Waals surface area (Å²) in [7, 11) is 0. The number of pyridine rings is 1. The van der Waals surface area contributed by atoms with E-state index in [0.29, 0.717) is 10.7 Å². The standard InChI is InChI=1S/C26H24ClF2N3O3/c1-15-19(10-9-18-8-7-17(12-30-18)20-5-3-4-6-21(20)27)23-16(2)35-24(33)25(23,13-26(15,28)29)11-22-31-14-34-32-22/h3-10,12,14-16,19,23H,11,13H2,1-2H3/t15-,16+,19-,23-,25+/m0/s1. The number of aromatic nitrogens is 3. The molecular formula is C26H24ClF2N3O3. The fourth-order valence-corrected chi connectivity index (χ4v) is 5.89. The molecule has 3 aromatic rings. The zero-order valence-electron chi connectivity index (χ0n) is 19.2. The zero-order valence-corrected chi connectivity index (χ0v) is 20.0. The lowest BCUT2D eigenvalue weighted by atomic mass is 9.55.